The van der Waals surface area contributed by atoms with E-state index in [9.17, 15) is 4.79 Å². The predicted molar refractivity (Wildman–Crippen MR) is 71.2 cm³/mol. The maximum atomic E-state index is 11.1. The molecular weight excluding hydrogens is 298 g/mol. The van der Waals surface area contributed by atoms with Gasteiger partial charge in [-0.15, -0.1) is 0 Å². The van der Waals surface area contributed by atoms with E-state index in [2.05, 4.69) is 31.2 Å². The van der Waals surface area contributed by atoms with Crippen LogP contribution in [0.1, 0.15) is 16.1 Å². The summed E-state index contributed by atoms with van der Waals surface area (Å²) in [5.74, 6) is -0.747. The normalized spacial score (nSPS) is 10.1. The molecule has 0 fully saturated rings. The molecular formula is C12H10BrN3O2. The first-order valence-electron chi connectivity index (χ1n) is 5.15. The third-order valence-electron chi connectivity index (χ3n) is 2.26. The van der Waals surface area contributed by atoms with Crippen molar-refractivity contribution in [3.8, 4) is 0 Å². The van der Waals surface area contributed by atoms with E-state index in [4.69, 9.17) is 5.11 Å². The van der Waals surface area contributed by atoms with Crippen LogP contribution < -0.4 is 5.32 Å². The standard InChI is InChI=1S/C12H10BrN3O2/c1-7-2-3-9(6-14-7)16-11-10(12(17)18)4-8(13)5-15-11/h2-6H,1H3,(H,15,16)(H,17,18). The number of carbonyl (C=O) groups is 1. The minimum absolute atomic E-state index is 0.102. The van der Waals surface area contributed by atoms with Gasteiger partial charge in [0.05, 0.1) is 11.9 Å². The van der Waals surface area contributed by atoms with E-state index in [1.165, 1.54) is 12.3 Å². The highest BCUT2D eigenvalue weighted by Gasteiger charge is 2.12. The second-order valence-electron chi connectivity index (χ2n) is 3.67. The van der Waals surface area contributed by atoms with Gasteiger partial charge in [0, 0.05) is 16.4 Å². The Bertz CT molecular complexity index is 584. The number of nitrogens with zero attached hydrogens (tertiary/aromatic N) is 2. The largest absolute Gasteiger partial charge is 0.478 e. The zero-order valence-corrected chi connectivity index (χ0v) is 11.1. The van der Waals surface area contributed by atoms with Crippen molar-refractivity contribution in [2.45, 2.75) is 6.92 Å². The van der Waals surface area contributed by atoms with Gasteiger partial charge in [-0.05, 0) is 41.1 Å². The third kappa shape index (κ3) is 2.84. The number of halogens is 1. The number of aryl methyl sites for hydroxylation is 1. The van der Waals surface area contributed by atoms with E-state index in [1.54, 1.807) is 6.20 Å². The quantitative estimate of drug-likeness (QED) is 0.911. The summed E-state index contributed by atoms with van der Waals surface area (Å²) in [7, 11) is 0. The second-order valence-corrected chi connectivity index (χ2v) is 4.58. The Morgan fingerprint density at radius 3 is 2.72 bits per heavy atom. The fraction of sp³-hybridized carbons (Fsp3) is 0.0833. The lowest BCUT2D eigenvalue weighted by atomic mass is 10.2. The van der Waals surface area contributed by atoms with Crippen molar-refractivity contribution in [2.24, 2.45) is 0 Å². The first-order chi connectivity index (χ1) is 8.56. The number of nitrogens with one attached hydrogen (secondary N) is 1. The van der Waals surface area contributed by atoms with Crippen LogP contribution >= 0.6 is 15.9 Å². The van der Waals surface area contributed by atoms with Crippen molar-refractivity contribution >= 4 is 33.4 Å². The van der Waals surface area contributed by atoms with Gasteiger partial charge in [0.2, 0.25) is 0 Å². The van der Waals surface area contributed by atoms with E-state index in [0.29, 0.717) is 10.2 Å². The summed E-state index contributed by atoms with van der Waals surface area (Å²) in [5.41, 5.74) is 1.69. The smallest absolute Gasteiger partial charge is 0.339 e. The number of aromatic carboxylic acids is 1. The molecule has 0 aromatic carbocycles. The number of aromatic nitrogens is 2. The lowest BCUT2D eigenvalue weighted by Gasteiger charge is -2.08. The minimum Gasteiger partial charge on any atom is -0.478 e. The Morgan fingerprint density at radius 2 is 2.11 bits per heavy atom. The number of carboxylic acids is 1. The first-order valence-corrected chi connectivity index (χ1v) is 5.94. The molecule has 0 radical (unpaired) electrons. The highest BCUT2D eigenvalue weighted by molar-refractivity contribution is 9.10. The van der Waals surface area contributed by atoms with Gasteiger partial charge in [0.1, 0.15) is 11.4 Å². The monoisotopic (exact) mass is 307 g/mol. The fourth-order valence-corrected chi connectivity index (χ4v) is 1.71. The molecule has 0 atom stereocenters. The Labute approximate surface area is 112 Å². The Balaban J connectivity index is 2.34. The average molecular weight is 308 g/mol. The molecule has 92 valence electrons. The SMILES string of the molecule is Cc1ccc(Nc2ncc(Br)cc2C(=O)O)cn1. The number of pyridine rings is 2. The molecule has 2 heterocycles. The molecule has 6 heteroatoms. The number of rotatable bonds is 3. The van der Waals surface area contributed by atoms with E-state index in [-0.39, 0.29) is 11.4 Å². The van der Waals surface area contributed by atoms with Crippen molar-refractivity contribution in [1.82, 2.24) is 9.97 Å². The van der Waals surface area contributed by atoms with Gasteiger partial charge in [-0.1, -0.05) is 0 Å². The Morgan fingerprint density at radius 1 is 1.33 bits per heavy atom. The predicted octanol–water partition coefficient (Wildman–Crippen LogP) is 2.99. The number of hydrogen-bond acceptors (Lipinski definition) is 4. The van der Waals surface area contributed by atoms with Crippen LogP contribution in [0.2, 0.25) is 0 Å². The summed E-state index contributed by atoms with van der Waals surface area (Å²) in [5, 5.41) is 12.0. The maximum Gasteiger partial charge on any atom is 0.339 e. The van der Waals surface area contributed by atoms with E-state index < -0.39 is 5.97 Å². The van der Waals surface area contributed by atoms with Crippen molar-refractivity contribution in [1.29, 1.82) is 0 Å². The molecule has 0 unspecified atom stereocenters. The summed E-state index contributed by atoms with van der Waals surface area (Å²) in [4.78, 5) is 19.3. The highest BCUT2D eigenvalue weighted by Crippen LogP contribution is 2.21. The molecule has 5 nitrogen and oxygen atoms in total. The maximum absolute atomic E-state index is 11.1. The minimum atomic E-state index is -1.04. The van der Waals surface area contributed by atoms with Gasteiger partial charge in [0.15, 0.2) is 0 Å². The lowest BCUT2D eigenvalue weighted by Crippen LogP contribution is -2.05. The zero-order valence-electron chi connectivity index (χ0n) is 9.51. The van der Waals surface area contributed by atoms with Crippen LogP contribution in [0.3, 0.4) is 0 Å². The summed E-state index contributed by atoms with van der Waals surface area (Å²) >= 11 is 3.19. The van der Waals surface area contributed by atoms with Crippen molar-refractivity contribution < 1.29 is 9.90 Å². The third-order valence-corrected chi connectivity index (χ3v) is 2.69. The van der Waals surface area contributed by atoms with E-state index in [0.717, 1.165) is 5.69 Å². The van der Waals surface area contributed by atoms with Crippen LogP contribution in [-0.4, -0.2) is 21.0 Å². The topological polar surface area (TPSA) is 75.1 Å². The summed E-state index contributed by atoms with van der Waals surface area (Å²) in [6.45, 7) is 1.88. The van der Waals surface area contributed by atoms with E-state index in [1.807, 2.05) is 19.1 Å². The van der Waals surface area contributed by atoms with Gasteiger partial charge < -0.3 is 10.4 Å². The molecule has 2 aromatic rings. The first kappa shape index (κ1) is 12.5. The van der Waals surface area contributed by atoms with Crippen molar-refractivity contribution in [3.05, 3.63) is 46.3 Å². The molecule has 0 saturated heterocycles. The van der Waals surface area contributed by atoms with Crippen LogP contribution in [0, 0.1) is 6.92 Å². The van der Waals surface area contributed by atoms with Gasteiger partial charge >= 0.3 is 5.97 Å². The second kappa shape index (κ2) is 5.14. The summed E-state index contributed by atoms with van der Waals surface area (Å²) in [6, 6.07) is 5.15. The summed E-state index contributed by atoms with van der Waals surface area (Å²) < 4.78 is 0.618. The fourth-order valence-electron chi connectivity index (χ4n) is 1.38. The van der Waals surface area contributed by atoms with Gasteiger partial charge in [-0.25, -0.2) is 9.78 Å². The molecule has 0 spiro atoms. The zero-order chi connectivity index (χ0) is 13.1. The molecule has 18 heavy (non-hydrogen) atoms. The molecule has 2 N–H and O–H groups in total. The Kier molecular flexibility index (Phi) is 3.57. The van der Waals surface area contributed by atoms with Crippen LogP contribution in [-0.2, 0) is 0 Å². The van der Waals surface area contributed by atoms with Crippen LogP contribution in [0.4, 0.5) is 11.5 Å². The van der Waals surface area contributed by atoms with Crippen molar-refractivity contribution in [2.75, 3.05) is 5.32 Å². The van der Waals surface area contributed by atoms with Crippen LogP contribution in [0.25, 0.3) is 0 Å². The highest BCUT2D eigenvalue weighted by atomic mass is 79.9. The van der Waals surface area contributed by atoms with E-state index >= 15 is 0 Å². The van der Waals surface area contributed by atoms with Crippen LogP contribution in [0.15, 0.2) is 35.1 Å². The van der Waals surface area contributed by atoms with Crippen molar-refractivity contribution in [3.63, 3.8) is 0 Å². The molecule has 0 aliphatic carbocycles. The number of hydrogen-bond donors (Lipinski definition) is 2. The molecule has 0 saturated carbocycles. The molecule has 0 amide bonds. The summed E-state index contributed by atoms with van der Waals surface area (Å²) in [6.07, 6.45) is 3.17. The molecule has 0 aliphatic rings. The lowest BCUT2D eigenvalue weighted by molar-refractivity contribution is 0.0697. The number of carboxylic acid groups (broad SMARTS) is 1. The average Bonchev–Trinajstić information content (AvgIpc) is 2.34. The van der Waals surface area contributed by atoms with Gasteiger partial charge in [-0.3, -0.25) is 4.98 Å². The molecule has 2 aromatic heterocycles. The Hall–Kier alpha value is -1.95. The van der Waals surface area contributed by atoms with Gasteiger partial charge in [-0.2, -0.15) is 0 Å². The van der Waals surface area contributed by atoms with Crippen LogP contribution in [0.5, 0.6) is 0 Å². The molecule has 2 rings (SSSR count). The number of anilines is 2. The molecule has 0 bridgehead atoms. The van der Waals surface area contributed by atoms with Gasteiger partial charge in [0.25, 0.3) is 0 Å². The molecule has 0 aliphatic heterocycles.